The summed E-state index contributed by atoms with van der Waals surface area (Å²) in [6.45, 7) is 15.1. The third-order valence-corrected chi connectivity index (χ3v) is 7.51. The Morgan fingerprint density at radius 3 is 2.34 bits per heavy atom. The minimum absolute atomic E-state index is 0.00767. The second kappa shape index (κ2) is 12.6. The van der Waals surface area contributed by atoms with Crippen molar-refractivity contribution in [1.82, 2.24) is 8.87 Å². The zero-order valence-electron chi connectivity index (χ0n) is 20.3. The van der Waals surface area contributed by atoms with Gasteiger partial charge in [-0.25, -0.2) is 8.42 Å². The van der Waals surface area contributed by atoms with E-state index >= 15 is 0 Å². The average molecular weight is 498 g/mol. The number of azo groups is 1. The van der Waals surface area contributed by atoms with Gasteiger partial charge in [0.2, 0.25) is 15.9 Å². The Morgan fingerprint density at radius 2 is 1.83 bits per heavy atom. The van der Waals surface area contributed by atoms with Crippen LogP contribution in [-0.2, 0) is 16.6 Å². The van der Waals surface area contributed by atoms with E-state index in [9.17, 15) is 23.6 Å². The maximum Gasteiger partial charge on any atom is 0.271 e. The standard InChI is InChI=1S/C25H31N5O4S/c1-6-10-11-19(7-2)17-30-24(31)22(16-26)18(5)23(25(30)32)28-27-20-12-14-21(15-13-20)35(33,34)29(8-3)9-4/h8-9,12-15,19,32H,3-4,6-7,10-11,17H2,1-2,5H3/b28-27+. The van der Waals surface area contributed by atoms with Crippen LogP contribution in [0.5, 0.6) is 5.88 Å². The van der Waals surface area contributed by atoms with E-state index in [0.29, 0.717) is 5.69 Å². The van der Waals surface area contributed by atoms with Crippen LogP contribution in [0.2, 0.25) is 0 Å². The number of aromatic hydroxyl groups is 1. The van der Waals surface area contributed by atoms with Crippen LogP contribution < -0.4 is 5.56 Å². The highest BCUT2D eigenvalue weighted by Crippen LogP contribution is 2.33. The van der Waals surface area contributed by atoms with E-state index in [-0.39, 0.29) is 40.1 Å². The fourth-order valence-electron chi connectivity index (χ4n) is 3.59. The Balaban J connectivity index is 2.45. The number of pyridine rings is 1. The fraction of sp³-hybridized carbons (Fsp3) is 0.360. The molecule has 0 saturated heterocycles. The van der Waals surface area contributed by atoms with Gasteiger partial charge in [-0.2, -0.15) is 14.7 Å². The molecule has 1 atom stereocenters. The fourth-order valence-corrected chi connectivity index (χ4v) is 4.70. The molecule has 1 aromatic heterocycles. The Hall–Kier alpha value is -3.03. The zero-order chi connectivity index (χ0) is 26.2. The van der Waals surface area contributed by atoms with E-state index in [2.05, 4.69) is 31.0 Å². The lowest BCUT2D eigenvalue weighted by molar-refractivity contribution is 0.340. The van der Waals surface area contributed by atoms with Gasteiger partial charge in [0.25, 0.3) is 5.56 Å². The molecular weight excluding hydrogens is 466 g/mol. The van der Waals surface area contributed by atoms with Gasteiger partial charge in [0.15, 0.2) is 5.69 Å². The zero-order valence-corrected chi connectivity index (χ0v) is 21.1. The van der Waals surface area contributed by atoms with Crippen molar-refractivity contribution in [3.8, 4) is 11.9 Å². The van der Waals surface area contributed by atoms with Crippen molar-refractivity contribution in [1.29, 1.82) is 5.26 Å². The van der Waals surface area contributed by atoms with Crippen molar-refractivity contribution in [2.45, 2.75) is 57.9 Å². The van der Waals surface area contributed by atoms with Crippen LogP contribution in [0.4, 0.5) is 11.4 Å². The molecule has 10 heteroatoms. The first-order valence-electron chi connectivity index (χ1n) is 11.3. The number of hydrogen-bond donors (Lipinski definition) is 1. The molecule has 9 nitrogen and oxygen atoms in total. The minimum Gasteiger partial charge on any atom is -0.493 e. The van der Waals surface area contributed by atoms with Gasteiger partial charge in [0, 0.05) is 25.2 Å². The summed E-state index contributed by atoms with van der Waals surface area (Å²) in [4.78, 5) is 12.9. The highest BCUT2D eigenvalue weighted by atomic mass is 32.2. The first-order valence-corrected chi connectivity index (χ1v) is 12.8. The van der Waals surface area contributed by atoms with Crippen LogP contribution in [0.3, 0.4) is 0 Å². The molecule has 0 spiro atoms. The molecule has 1 N–H and O–H groups in total. The summed E-state index contributed by atoms with van der Waals surface area (Å²) in [6.07, 6.45) is 3.74. The highest BCUT2D eigenvalue weighted by Gasteiger charge is 2.23. The van der Waals surface area contributed by atoms with Crippen LogP contribution in [0, 0.1) is 51.1 Å². The van der Waals surface area contributed by atoms with Gasteiger partial charge < -0.3 is 5.11 Å². The van der Waals surface area contributed by atoms with Crippen LogP contribution in [-0.4, -0.2) is 22.4 Å². The summed E-state index contributed by atoms with van der Waals surface area (Å²) in [6, 6.07) is 7.53. The summed E-state index contributed by atoms with van der Waals surface area (Å²) in [5, 5.41) is 28.6. The Morgan fingerprint density at radius 1 is 1.20 bits per heavy atom. The quantitative estimate of drug-likeness (QED) is 0.395. The number of rotatable bonds is 12. The van der Waals surface area contributed by atoms with E-state index in [1.165, 1.54) is 35.8 Å². The van der Waals surface area contributed by atoms with Crippen LogP contribution in [0.25, 0.3) is 0 Å². The molecule has 35 heavy (non-hydrogen) atoms. The SMILES string of the molecule is [CH2][CH]N([CH][CH2])S(=O)(=O)c1ccc(/N=N/c2c(C)c(C#N)c(=O)n(CC(CC)CCCC)c2O)cc1. The first-order chi connectivity index (χ1) is 16.7. The van der Waals surface area contributed by atoms with Gasteiger partial charge >= 0.3 is 0 Å². The molecular formula is C25H31N5O4S. The van der Waals surface area contributed by atoms with Crippen molar-refractivity contribution in [3.63, 3.8) is 0 Å². The van der Waals surface area contributed by atoms with Crippen LogP contribution in [0.1, 0.15) is 50.7 Å². The summed E-state index contributed by atoms with van der Waals surface area (Å²) in [7, 11) is -3.83. The molecule has 0 aliphatic rings. The molecule has 2 aromatic rings. The molecule has 0 amide bonds. The van der Waals surface area contributed by atoms with Gasteiger partial charge in [-0.15, -0.1) is 5.11 Å². The van der Waals surface area contributed by atoms with E-state index in [1.54, 1.807) is 0 Å². The van der Waals surface area contributed by atoms with Gasteiger partial charge in [-0.1, -0.05) is 33.1 Å². The van der Waals surface area contributed by atoms with Gasteiger partial charge in [-0.3, -0.25) is 9.36 Å². The monoisotopic (exact) mass is 497 g/mol. The van der Waals surface area contributed by atoms with E-state index < -0.39 is 15.6 Å². The van der Waals surface area contributed by atoms with Gasteiger partial charge in [-0.05, 0) is 57.4 Å². The number of benzene rings is 1. The number of nitriles is 1. The molecule has 4 radical (unpaired) electrons. The number of nitrogens with zero attached hydrogens (tertiary/aromatic N) is 5. The molecule has 0 aliphatic carbocycles. The van der Waals surface area contributed by atoms with Crippen molar-refractivity contribution >= 4 is 21.4 Å². The normalized spacial score (nSPS) is 12.8. The van der Waals surface area contributed by atoms with E-state index in [0.717, 1.165) is 43.1 Å². The largest absolute Gasteiger partial charge is 0.493 e. The molecule has 0 fully saturated rings. The third-order valence-electron chi connectivity index (χ3n) is 5.79. The second-order valence-electron chi connectivity index (χ2n) is 8.01. The maximum absolute atomic E-state index is 12.9. The number of hydrogen-bond acceptors (Lipinski definition) is 7. The molecule has 186 valence electrons. The summed E-state index contributed by atoms with van der Waals surface area (Å²) < 4.78 is 27.1. The molecule has 1 aromatic carbocycles. The average Bonchev–Trinajstić information content (AvgIpc) is 2.84. The summed E-state index contributed by atoms with van der Waals surface area (Å²) in [5.41, 5.74) is -0.0920. The molecule has 0 saturated carbocycles. The predicted molar refractivity (Wildman–Crippen MR) is 134 cm³/mol. The molecule has 0 bridgehead atoms. The summed E-state index contributed by atoms with van der Waals surface area (Å²) in [5.74, 6) is -0.185. The molecule has 0 aliphatic heterocycles. The van der Waals surface area contributed by atoms with E-state index in [1.807, 2.05) is 13.0 Å². The predicted octanol–water partition coefficient (Wildman–Crippen LogP) is 5.35. The lowest BCUT2D eigenvalue weighted by Crippen LogP contribution is -2.27. The van der Waals surface area contributed by atoms with Crippen molar-refractivity contribution in [2.75, 3.05) is 0 Å². The molecule has 1 heterocycles. The van der Waals surface area contributed by atoms with Crippen molar-refractivity contribution in [2.24, 2.45) is 16.1 Å². The maximum atomic E-state index is 12.9. The van der Waals surface area contributed by atoms with Gasteiger partial charge in [0.1, 0.15) is 11.6 Å². The number of sulfonamides is 1. The third kappa shape index (κ3) is 6.35. The Bertz CT molecular complexity index is 1240. The Labute approximate surface area is 207 Å². The smallest absolute Gasteiger partial charge is 0.271 e. The lowest BCUT2D eigenvalue weighted by atomic mass is 9.99. The Kier molecular flexibility index (Phi) is 10.2. The van der Waals surface area contributed by atoms with Crippen LogP contribution >= 0.6 is 0 Å². The first kappa shape index (κ1) is 28.2. The number of aromatic nitrogens is 1. The molecule has 2 rings (SSSR count). The second-order valence-corrected chi connectivity index (χ2v) is 9.85. The molecule has 1 unspecified atom stereocenters. The van der Waals surface area contributed by atoms with Gasteiger partial charge in [0.05, 0.1) is 10.6 Å². The van der Waals surface area contributed by atoms with Crippen LogP contribution in [0.15, 0.2) is 44.2 Å². The minimum atomic E-state index is -3.83. The van der Waals surface area contributed by atoms with Crippen molar-refractivity contribution in [3.05, 3.63) is 72.7 Å². The summed E-state index contributed by atoms with van der Waals surface area (Å²) >= 11 is 0. The number of unbranched alkanes of at least 4 members (excludes halogenated alkanes) is 1. The topological polar surface area (TPSA) is 128 Å². The van der Waals surface area contributed by atoms with E-state index in [4.69, 9.17) is 0 Å². The lowest BCUT2D eigenvalue weighted by Gasteiger charge is -2.19. The van der Waals surface area contributed by atoms with Crippen molar-refractivity contribution < 1.29 is 13.5 Å². The highest BCUT2D eigenvalue weighted by molar-refractivity contribution is 7.89.